The largest absolute Gasteiger partial charge is 0.395 e. The van der Waals surface area contributed by atoms with Crippen molar-refractivity contribution in [3.8, 4) is 0 Å². The number of aliphatic hydroxyl groups excluding tert-OH is 1. The van der Waals surface area contributed by atoms with Crippen molar-refractivity contribution >= 4 is 22.6 Å². The molecule has 1 aromatic rings. The normalized spacial score (nSPS) is 16.7. The first kappa shape index (κ1) is 10.3. The molecule has 0 unspecified atom stereocenters. The highest BCUT2D eigenvalue weighted by Gasteiger charge is 2.16. The monoisotopic (exact) mass is 304 g/mol. The summed E-state index contributed by atoms with van der Waals surface area (Å²) in [6.07, 6.45) is 1.01. The summed E-state index contributed by atoms with van der Waals surface area (Å²) in [4.78, 5) is 6.77. The molecule has 14 heavy (non-hydrogen) atoms. The second kappa shape index (κ2) is 4.55. The van der Waals surface area contributed by atoms with E-state index in [1.807, 2.05) is 6.07 Å². The van der Waals surface area contributed by atoms with Crippen LogP contribution in [0.25, 0.3) is 0 Å². The molecule has 0 aromatic carbocycles. The molecule has 3 nitrogen and oxygen atoms in total. The summed E-state index contributed by atoms with van der Waals surface area (Å²) >= 11 is 2.24. The van der Waals surface area contributed by atoms with Gasteiger partial charge in [-0.15, -0.1) is 0 Å². The molecular formula is C10H13IN2O. The standard InChI is InChI=1S/C10H13IN2O/c11-10-2-1-8-7-13(5-6-14)4-3-9(8)12-10/h1-2,14H,3-7H2. The molecule has 2 rings (SSSR count). The maximum absolute atomic E-state index is 8.85. The van der Waals surface area contributed by atoms with Crippen molar-refractivity contribution in [1.29, 1.82) is 0 Å². The van der Waals surface area contributed by atoms with Gasteiger partial charge >= 0.3 is 0 Å². The van der Waals surface area contributed by atoms with E-state index in [4.69, 9.17) is 5.11 Å². The van der Waals surface area contributed by atoms with E-state index in [0.29, 0.717) is 0 Å². The van der Waals surface area contributed by atoms with Crippen LogP contribution in [0, 0.1) is 3.70 Å². The number of nitrogens with zero attached hydrogens (tertiary/aromatic N) is 2. The first-order chi connectivity index (χ1) is 6.79. The molecule has 1 aliphatic heterocycles. The van der Waals surface area contributed by atoms with Gasteiger partial charge in [-0.2, -0.15) is 0 Å². The van der Waals surface area contributed by atoms with Gasteiger partial charge in [0.05, 0.1) is 6.61 Å². The molecule has 0 atom stereocenters. The first-order valence-electron chi connectivity index (χ1n) is 4.77. The van der Waals surface area contributed by atoms with Gasteiger partial charge in [0.2, 0.25) is 0 Å². The number of hydrogen-bond donors (Lipinski definition) is 1. The predicted molar refractivity (Wildman–Crippen MR) is 63.0 cm³/mol. The third-order valence-electron chi connectivity index (χ3n) is 2.51. The van der Waals surface area contributed by atoms with Crippen LogP contribution in [0.15, 0.2) is 12.1 Å². The molecule has 0 bridgehead atoms. The SMILES string of the molecule is OCCN1CCc2nc(I)ccc2C1. The Bertz CT molecular complexity index is 330. The van der Waals surface area contributed by atoms with Crippen LogP contribution in [-0.2, 0) is 13.0 Å². The average Bonchev–Trinajstić information content (AvgIpc) is 2.19. The van der Waals surface area contributed by atoms with Crippen LogP contribution in [0.3, 0.4) is 0 Å². The summed E-state index contributed by atoms with van der Waals surface area (Å²) in [6, 6.07) is 4.19. The van der Waals surface area contributed by atoms with Crippen LogP contribution in [0.1, 0.15) is 11.3 Å². The number of aliphatic hydroxyl groups is 1. The summed E-state index contributed by atoms with van der Waals surface area (Å²) in [5, 5.41) is 8.85. The highest BCUT2D eigenvalue weighted by atomic mass is 127. The van der Waals surface area contributed by atoms with Gasteiger partial charge in [0.15, 0.2) is 0 Å². The molecule has 0 spiro atoms. The quantitative estimate of drug-likeness (QED) is 0.655. The van der Waals surface area contributed by atoms with Crippen LogP contribution >= 0.6 is 22.6 Å². The molecule has 76 valence electrons. The lowest BCUT2D eigenvalue weighted by molar-refractivity contribution is 0.183. The lowest BCUT2D eigenvalue weighted by atomic mass is 10.1. The van der Waals surface area contributed by atoms with Crippen molar-refractivity contribution in [1.82, 2.24) is 9.88 Å². The van der Waals surface area contributed by atoms with Gasteiger partial charge in [0, 0.05) is 31.7 Å². The summed E-state index contributed by atoms with van der Waals surface area (Å²) in [7, 11) is 0. The summed E-state index contributed by atoms with van der Waals surface area (Å²) in [5.41, 5.74) is 2.54. The molecule has 0 amide bonds. The van der Waals surface area contributed by atoms with Gasteiger partial charge in [-0.05, 0) is 34.2 Å². The molecular weight excluding hydrogens is 291 g/mol. The molecule has 0 aliphatic carbocycles. The van der Waals surface area contributed by atoms with Crippen molar-refractivity contribution in [2.45, 2.75) is 13.0 Å². The second-order valence-corrected chi connectivity index (χ2v) is 4.59. The summed E-state index contributed by atoms with van der Waals surface area (Å²) in [5.74, 6) is 0. The van der Waals surface area contributed by atoms with Crippen molar-refractivity contribution in [2.75, 3.05) is 19.7 Å². The zero-order valence-corrected chi connectivity index (χ0v) is 10.1. The topological polar surface area (TPSA) is 36.4 Å². The van der Waals surface area contributed by atoms with Gasteiger partial charge < -0.3 is 5.11 Å². The van der Waals surface area contributed by atoms with E-state index in [2.05, 4.69) is 38.5 Å². The minimum Gasteiger partial charge on any atom is -0.395 e. The van der Waals surface area contributed by atoms with E-state index < -0.39 is 0 Å². The van der Waals surface area contributed by atoms with E-state index in [-0.39, 0.29) is 6.61 Å². The molecule has 1 aromatic heterocycles. The highest BCUT2D eigenvalue weighted by molar-refractivity contribution is 14.1. The average molecular weight is 304 g/mol. The Labute approximate surface area is 97.3 Å². The van der Waals surface area contributed by atoms with E-state index in [1.165, 1.54) is 11.3 Å². The number of pyridine rings is 1. The van der Waals surface area contributed by atoms with Gasteiger partial charge in [-0.25, -0.2) is 4.98 Å². The lowest BCUT2D eigenvalue weighted by Gasteiger charge is -2.27. The summed E-state index contributed by atoms with van der Waals surface area (Å²) < 4.78 is 1.07. The fourth-order valence-electron chi connectivity index (χ4n) is 1.78. The molecule has 2 heterocycles. The number of hydrogen-bond acceptors (Lipinski definition) is 3. The number of rotatable bonds is 2. The van der Waals surface area contributed by atoms with E-state index in [1.54, 1.807) is 0 Å². The molecule has 0 radical (unpaired) electrons. The third-order valence-corrected chi connectivity index (χ3v) is 3.11. The second-order valence-electron chi connectivity index (χ2n) is 3.49. The van der Waals surface area contributed by atoms with Crippen LogP contribution in [0.2, 0.25) is 0 Å². The van der Waals surface area contributed by atoms with Crippen molar-refractivity contribution in [3.05, 3.63) is 27.1 Å². The smallest absolute Gasteiger partial charge is 0.101 e. The number of halogens is 1. The maximum Gasteiger partial charge on any atom is 0.101 e. The Morgan fingerprint density at radius 2 is 2.36 bits per heavy atom. The van der Waals surface area contributed by atoms with Gasteiger partial charge in [-0.1, -0.05) is 6.07 Å². The van der Waals surface area contributed by atoms with Gasteiger partial charge in [0.1, 0.15) is 3.70 Å². The van der Waals surface area contributed by atoms with Crippen molar-refractivity contribution in [2.24, 2.45) is 0 Å². The van der Waals surface area contributed by atoms with Gasteiger partial charge in [-0.3, -0.25) is 4.90 Å². The van der Waals surface area contributed by atoms with E-state index >= 15 is 0 Å². The molecule has 0 fully saturated rings. The maximum atomic E-state index is 8.85. The first-order valence-corrected chi connectivity index (χ1v) is 5.85. The Morgan fingerprint density at radius 3 is 3.14 bits per heavy atom. The Morgan fingerprint density at radius 1 is 1.50 bits per heavy atom. The Kier molecular flexibility index (Phi) is 3.35. The molecule has 1 N–H and O–H groups in total. The third kappa shape index (κ3) is 2.24. The zero-order chi connectivity index (χ0) is 9.97. The minimum absolute atomic E-state index is 0.243. The zero-order valence-electron chi connectivity index (χ0n) is 7.91. The van der Waals surface area contributed by atoms with E-state index in [0.717, 1.165) is 29.8 Å². The molecule has 4 heteroatoms. The lowest BCUT2D eigenvalue weighted by Crippen LogP contribution is -2.33. The summed E-state index contributed by atoms with van der Waals surface area (Å²) in [6.45, 7) is 2.96. The Balaban J connectivity index is 2.15. The highest BCUT2D eigenvalue weighted by Crippen LogP contribution is 2.17. The van der Waals surface area contributed by atoms with Gasteiger partial charge in [0.25, 0.3) is 0 Å². The van der Waals surface area contributed by atoms with Crippen LogP contribution in [-0.4, -0.2) is 34.7 Å². The van der Waals surface area contributed by atoms with Crippen LogP contribution < -0.4 is 0 Å². The fraction of sp³-hybridized carbons (Fsp3) is 0.500. The van der Waals surface area contributed by atoms with Crippen LogP contribution in [0.5, 0.6) is 0 Å². The van der Waals surface area contributed by atoms with Crippen molar-refractivity contribution in [3.63, 3.8) is 0 Å². The number of aromatic nitrogens is 1. The number of fused-ring (bicyclic) bond motifs is 1. The Hall–Kier alpha value is -0.200. The fourth-order valence-corrected chi connectivity index (χ4v) is 2.25. The van der Waals surface area contributed by atoms with E-state index in [9.17, 15) is 0 Å². The van der Waals surface area contributed by atoms with Crippen molar-refractivity contribution < 1.29 is 5.11 Å². The number of β-amino-alcohol motifs (C(OH)–C–C–N with tert-alkyl or cyclic N) is 1. The minimum atomic E-state index is 0.243. The predicted octanol–water partition coefficient (Wildman–Crippen LogP) is 1.04. The molecule has 0 saturated heterocycles. The molecule has 1 aliphatic rings. The van der Waals surface area contributed by atoms with Crippen LogP contribution in [0.4, 0.5) is 0 Å². The molecule has 0 saturated carbocycles.